The van der Waals surface area contributed by atoms with Crippen LogP contribution in [0.5, 0.6) is 17.2 Å². The molecule has 2 aromatic rings. The van der Waals surface area contributed by atoms with Crippen molar-refractivity contribution in [1.29, 1.82) is 0 Å². The van der Waals surface area contributed by atoms with Gasteiger partial charge in [-0.3, -0.25) is 9.10 Å². The minimum Gasteiger partial charge on any atom is -0.493 e. The van der Waals surface area contributed by atoms with Gasteiger partial charge in [0, 0.05) is 19.0 Å². The molecule has 1 amide bonds. The Morgan fingerprint density at radius 2 is 1.81 bits per heavy atom. The van der Waals surface area contributed by atoms with Gasteiger partial charge < -0.3 is 19.5 Å². The van der Waals surface area contributed by atoms with Gasteiger partial charge in [0.1, 0.15) is 12.4 Å². The van der Waals surface area contributed by atoms with E-state index in [-0.39, 0.29) is 25.0 Å². The minimum absolute atomic E-state index is 0.0208. The second-order valence-corrected chi connectivity index (χ2v) is 9.36. The van der Waals surface area contributed by atoms with E-state index in [1.165, 1.54) is 4.31 Å². The third kappa shape index (κ3) is 8.30. The number of nitrogens with zero attached hydrogens (tertiary/aromatic N) is 1. The highest BCUT2D eigenvalue weighted by Crippen LogP contribution is 2.26. The molecule has 0 bridgehead atoms. The molecule has 0 spiro atoms. The second kappa shape index (κ2) is 12.2. The highest BCUT2D eigenvalue weighted by molar-refractivity contribution is 7.92. The zero-order valence-electron chi connectivity index (χ0n) is 19.0. The molecule has 0 atom stereocenters. The zero-order valence-corrected chi connectivity index (χ0v) is 19.9. The molecule has 0 saturated carbocycles. The molecule has 0 saturated heterocycles. The summed E-state index contributed by atoms with van der Waals surface area (Å²) >= 11 is 0. The van der Waals surface area contributed by atoms with Crippen LogP contribution in [0.4, 0.5) is 5.69 Å². The van der Waals surface area contributed by atoms with Crippen molar-refractivity contribution in [3.63, 3.8) is 0 Å². The topological polar surface area (TPSA) is 94.2 Å². The molecule has 0 aromatic heterocycles. The Balaban J connectivity index is 1.82. The quantitative estimate of drug-likeness (QED) is 0.458. The summed E-state index contributed by atoms with van der Waals surface area (Å²) in [5.41, 5.74) is 0.510. The number of anilines is 1. The van der Waals surface area contributed by atoms with Gasteiger partial charge in [-0.15, -0.1) is 0 Å². The van der Waals surface area contributed by atoms with Crippen molar-refractivity contribution in [3.8, 4) is 17.2 Å². The van der Waals surface area contributed by atoms with Gasteiger partial charge in [-0.2, -0.15) is 0 Å². The van der Waals surface area contributed by atoms with E-state index in [0.717, 1.165) is 6.26 Å². The average molecular weight is 465 g/mol. The normalized spacial score (nSPS) is 11.2. The maximum atomic E-state index is 12.3. The summed E-state index contributed by atoms with van der Waals surface area (Å²) in [6.45, 7) is 4.63. The van der Waals surface area contributed by atoms with Crippen molar-refractivity contribution in [2.45, 2.75) is 32.8 Å². The van der Waals surface area contributed by atoms with Gasteiger partial charge in [-0.05, 0) is 44.5 Å². The van der Waals surface area contributed by atoms with E-state index in [1.807, 2.05) is 26.0 Å². The Bertz CT molecular complexity index is 978. The number of hydrogen-bond donors (Lipinski definition) is 1. The first-order chi connectivity index (χ1) is 15.2. The van der Waals surface area contributed by atoms with E-state index < -0.39 is 10.0 Å². The van der Waals surface area contributed by atoms with E-state index in [1.54, 1.807) is 43.5 Å². The van der Waals surface area contributed by atoms with Gasteiger partial charge in [0.05, 0.1) is 31.7 Å². The Labute approximate surface area is 190 Å². The fourth-order valence-electron chi connectivity index (χ4n) is 3.03. The Kier molecular flexibility index (Phi) is 9.64. The van der Waals surface area contributed by atoms with Crippen molar-refractivity contribution in [2.75, 3.05) is 37.4 Å². The molecule has 0 radical (unpaired) electrons. The predicted molar refractivity (Wildman–Crippen MR) is 125 cm³/mol. The molecule has 2 aromatic carbocycles. The number of amides is 1. The van der Waals surface area contributed by atoms with Crippen LogP contribution in [0.25, 0.3) is 0 Å². The summed E-state index contributed by atoms with van der Waals surface area (Å²) in [6, 6.07) is 14.2. The second-order valence-electron chi connectivity index (χ2n) is 7.45. The number of sulfonamides is 1. The monoisotopic (exact) mass is 464 g/mol. The van der Waals surface area contributed by atoms with Crippen LogP contribution < -0.4 is 23.8 Å². The SMILES string of the molecule is COc1ccccc1OCCNC(=O)CCCN(c1cccc(OC(C)C)c1)S(C)(=O)=O. The molecule has 8 nitrogen and oxygen atoms in total. The molecular weight excluding hydrogens is 432 g/mol. The molecule has 0 unspecified atom stereocenters. The first-order valence-electron chi connectivity index (χ1n) is 10.5. The highest BCUT2D eigenvalue weighted by Gasteiger charge is 2.18. The smallest absolute Gasteiger partial charge is 0.232 e. The molecule has 1 N–H and O–H groups in total. The lowest BCUT2D eigenvalue weighted by Gasteiger charge is -2.23. The Morgan fingerprint density at radius 1 is 1.09 bits per heavy atom. The highest BCUT2D eigenvalue weighted by atomic mass is 32.2. The lowest BCUT2D eigenvalue weighted by atomic mass is 10.2. The average Bonchev–Trinajstić information content (AvgIpc) is 2.73. The number of nitrogens with one attached hydrogen (secondary N) is 1. The number of rotatable bonds is 13. The number of para-hydroxylation sites is 2. The van der Waals surface area contributed by atoms with E-state index in [0.29, 0.717) is 42.5 Å². The van der Waals surface area contributed by atoms with Crippen molar-refractivity contribution < 1.29 is 27.4 Å². The van der Waals surface area contributed by atoms with Crippen LogP contribution in [0.15, 0.2) is 48.5 Å². The molecule has 32 heavy (non-hydrogen) atoms. The molecule has 0 fully saturated rings. The van der Waals surface area contributed by atoms with Crippen LogP contribution >= 0.6 is 0 Å². The van der Waals surface area contributed by atoms with E-state index in [2.05, 4.69) is 5.32 Å². The van der Waals surface area contributed by atoms with Gasteiger partial charge in [0.15, 0.2) is 11.5 Å². The molecule has 2 rings (SSSR count). The van der Waals surface area contributed by atoms with E-state index in [4.69, 9.17) is 14.2 Å². The number of benzene rings is 2. The maximum absolute atomic E-state index is 12.3. The number of methoxy groups -OCH3 is 1. The summed E-state index contributed by atoms with van der Waals surface area (Å²) in [6.07, 6.45) is 1.70. The first-order valence-corrected chi connectivity index (χ1v) is 12.3. The Hall–Kier alpha value is -2.94. The third-order valence-electron chi connectivity index (χ3n) is 4.39. The predicted octanol–water partition coefficient (Wildman–Crippen LogP) is 3.22. The van der Waals surface area contributed by atoms with Crippen molar-refractivity contribution in [3.05, 3.63) is 48.5 Å². The Morgan fingerprint density at radius 3 is 2.47 bits per heavy atom. The molecule has 0 aliphatic rings. The van der Waals surface area contributed by atoms with Crippen LogP contribution in [-0.4, -0.2) is 53.5 Å². The largest absolute Gasteiger partial charge is 0.493 e. The minimum atomic E-state index is -3.51. The van der Waals surface area contributed by atoms with Gasteiger partial charge in [0.2, 0.25) is 15.9 Å². The van der Waals surface area contributed by atoms with Crippen LogP contribution in [0, 0.1) is 0 Å². The zero-order chi connectivity index (χ0) is 23.6. The van der Waals surface area contributed by atoms with Gasteiger partial charge in [0.25, 0.3) is 0 Å². The fourth-order valence-corrected chi connectivity index (χ4v) is 3.99. The summed E-state index contributed by atoms with van der Waals surface area (Å²) in [7, 11) is -1.94. The summed E-state index contributed by atoms with van der Waals surface area (Å²) < 4.78 is 42.4. The maximum Gasteiger partial charge on any atom is 0.232 e. The molecule has 0 aliphatic carbocycles. The molecule has 0 heterocycles. The van der Waals surface area contributed by atoms with Gasteiger partial charge in [-0.25, -0.2) is 8.42 Å². The van der Waals surface area contributed by atoms with Crippen LogP contribution in [0.3, 0.4) is 0 Å². The standard InChI is InChI=1S/C23H32N2O6S/c1-18(2)31-20-10-7-9-19(17-20)25(32(4,27)28)15-8-13-23(26)24-14-16-30-22-12-6-5-11-21(22)29-3/h5-7,9-12,17-18H,8,13-16H2,1-4H3,(H,24,26). The third-order valence-corrected chi connectivity index (χ3v) is 5.59. The number of carbonyl (C=O) groups is 1. The number of hydrogen-bond acceptors (Lipinski definition) is 6. The first kappa shape index (κ1) is 25.3. The lowest BCUT2D eigenvalue weighted by molar-refractivity contribution is -0.121. The van der Waals surface area contributed by atoms with E-state index >= 15 is 0 Å². The van der Waals surface area contributed by atoms with Crippen LogP contribution in [0.2, 0.25) is 0 Å². The number of carbonyl (C=O) groups excluding carboxylic acids is 1. The summed E-state index contributed by atoms with van der Waals surface area (Å²) in [5, 5.41) is 2.78. The van der Waals surface area contributed by atoms with Crippen LogP contribution in [0.1, 0.15) is 26.7 Å². The fraction of sp³-hybridized carbons (Fsp3) is 0.435. The molecule has 9 heteroatoms. The lowest BCUT2D eigenvalue weighted by Crippen LogP contribution is -2.33. The molecule has 0 aliphatic heterocycles. The number of ether oxygens (including phenoxy) is 3. The molecular formula is C23H32N2O6S. The molecule has 176 valence electrons. The van der Waals surface area contributed by atoms with E-state index in [9.17, 15) is 13.2 Å². The van der Waals surface area contributed by atoms with Gasteiger partial charge in [-0.1, -0.05) is 18.2 Å². The van der Waals surface area contributed by atoms with Crippen molar-refractivity contribution >= 4 is 21.6 Å². The van der Waals surface area contributed by atoms with Crippen LogP contribution in [-0.2, 0) is 14.8 Å². The van der Waals surface area contributed by atoms with Crippen molar-refractivity contribution in [1.82, 2.24) is 5.32 Å². The van der Waals surface area contributed by atoms with Gasteiger partial charge >= 0.3 is 0 Å². The summed E-state index contributed by atoms with van der Waals surface area (Å²) in [4.78, 5) is 12.1. The van der Waals surface area contributed by atoms with Crippen molar-refractivity contribution in [2.24, 2.45) is 0 Å². The summed E-state index contributed by atoms with van der Waals surface area (Å²) in [5.74, 6) is 1.66.